The number of ether oxygens (including phenoxy) is 2. The molecule has 0 saturated heterocycles. The van der Waals surface area contributed by atoms with E-state index in [1.54, 1.807) is 24.4 Å². The lowest BCUT2D eigenvalue weighted by atomic mass is 10.1. The van der Waals surface area contributed by atoms with E-state index in [9.17, 15) is 9.59 Å². The van der Waals surface area contributed by atoms with Crippen molar-refractivity contribution in [2.75, 3.05) is 18.5 Å². The summed E-state index contributed by atoms with van der Waals surface area (Å²) >= 11 is 6.98. The number of carbonyl (C=O) groups excluding carboxylic acids is 1. The van der Waals surface area contributed by atoms with Crippen LogP contribution in [0.4, 0.5) is 5.69 Å². The number of halogens is 2. The summed E-state index contributed by atoms with van der Waals surface area (Å²) < 4.78 is 14.4. The summed E-state index contributed by atoms with van der Waals surface area (Å²) in [4.78, 5) is 30.7. The van der Waals surface area contributed by atoms with E-state index in [4.69, 9.17) is 14.5 Å². The summed E-state index contributed by atoms with van der Waals surface area (Å²) in [6.45, 7) is 8.03. The molecule has 4 rings (SSSR count). The Morgan fingerprint density at radius 2 is 1.90 bits per heavy atom. The van der Waals surface area contributed by atoms with Gasteiger partial charge in [0.25, 0.3) is 11.5 Å². The van der Waals surface area contributed by atoms with Gasteiger partial charge in [-0.1, -0.05) is 48.0 Å². The first-order chi connectivity index (χ1) is 19.2. The first-order valence-electron chi connectivity index (χ1n) is 12.9. The van der Waals surface area contributed by atoms with Crippen molar-refractivity contribution in [3.8, 4) is 11.5 Å². The number of rotatable bonds is 10. The summed E-state index contributed by atoms with van der Waals surface area (Å²) in [5.41, 5.74) is 2.74. The number of benzene rings is 3. The molecule has 1 aromatic heterocycles. The van der Waals surface area contributed by atoms with Crippen LogP contribution in [0.5, 0.6) is 11.5 Å². The Balaban J connectivity index is 1.63. The summed E-state index contributed by atoms with van der Waals surface area (Å²) in [7, 11) is 0. The minimum Gasteiger partial charge on any atom is -0.490 e. The summed E-state index contributed by atoms with van der Waals surface area (Å²) in [5.74, 6) is 1.15. The first-order valence-corrected chi connectivity index (χ1v) is 14.5. The lowest BCUT2D eigenvalue weighted by molar-refractivity contribution is -0.118. The van der Waals surface area contributed by atoms with Crippen molar-refractivity contribution in [2.45, 2.75) is 40.0 Å². The number of anilines is 1. The van der Waals surface area contributed by atoms with Gasteiger partial charge in [-0.3, -0.25) is 9.59 Å². The largest absolute Gasteiger partial charge is 0.490 e. The molecule has 0 saturated carbocycles. The Kier molecular flexibility index (Phi) is 9.76. The highest BCUT2D eigenvalue weighted by atomic mass is 79.9. The van der Waals surface area contributed by atoms with Crippen LogP contribution < -0.4 is 20.3 Å². The predicted molar refractivity (Wildman–Crippen MR) is 166 cm³/mol. The fourth-order valence-corrected chi connectivity index (χ4v) is 4.94. The van der Waals surface area contributed by atoms with Crippen LogP contribution in [-0.4, -0.2) is 35.0 Å². The monoisotopic (exact) mass is 668 g/mol. The van der Waals surface area contributed by atoms with Crippen molar-refractivity contribution in [2.24, 2.45) is 5.10 Å². The summed E-state index contributed by atoms with van der Waals surface area (Å²) in [6, 6.07) is 16.5. The summed E-state index contributed by atoms with van der Waals surface area (Å²) in [6.07, 6.45) is 2.38. The molecule has 40 heavy (non-hydrogen) atoms. The molecule has 208 valence electrons. The molecule has 1 atom stereocenters. The lowest BCUT2D eigenvalue weighted by Crippen LogP contribution is -2.23. The van der Waals surface area contributed by atoms with Crippen molar-refractivity contribution in [1.82, 2.24) is 9.66 Å². The van der Waals surface area contributed by atoms with Gasteiger partial charge in [0.05, 0.1) is 28.2 Å². The minimum absolute atomic E-state index is 0.0187. The Labute approximate surface area is 249 Å². The highest BCUT2D eigenvalue weighted by Crippen LogP contribution is 2.36. The normalized spacial score (nSPS) is 12.1. The van der Waals surface area contributed by atoms with E-state index in [1.165, 1.54) is 4.68 Å². The molecule has 10 heteroatoms. The maximum absolute atomic E-state index is 13.4. The van der Waals surface area contributed by atoms with Gasteiger partial charge < -0.3 is 14.8 Å². The quantitative estimate of drug-likeness (QED) is 0.183. The van der Waals surface area contributed by atoms with Gasteiger partial charge in [-0.05, 0) is 83.7 Å². The maximum atomic E-state index is 13.4. The molecule has 1 amide bonds. The number of nitrogens with zero attached hydrogens (tertiary/aromatic N) is 3. The van der Waals surface area contributed by atoms with E-state index in [0.29, 0.717) is 44.9 Å². The number of fused-ring (bicyclic) bond motifs is 1. The number of nitrogens with one attached hydrogen (secondary N) is 1. The molecule has 3 aromatic carbocycles. The molecule has 0 spiro atoms. The molecule has 0 fully saturated rings. The highest BCUT2D eigenvalue weighted by molar-refractivity contribution is 9.10. The molecule has 0 radical (unpaired) electrons. The minimum atomic E-state index is -0.290. The number of aryl methyl sites for hydroxylation is 1. The third-order valence-electron chi connectivity index (χ3n) is 6.31. The molecular weight excluding hydrogens is 640 g/mol. The number of hydrogen-bond donors (Lipinski definition) is 1. The van der Waals surface area contributed by atoms with Crippen LogP contribution in [0.15, 0.2) is 73.4 Å². The second-order valence-corrected chi connectivity index (χ2v) is 11.0. The maximum Gasteiger partial charge on any atom is 0.282 e. The number of amides is 1. The van der Waals surface area contributed by atoms with Crippen LogP contribution in [0.2, 0.25) is 0 Å². The first kappa shape index (κ1) is 29.5. The van der Waals surface area contributed by atoms with E-state index in [0.717, 1.165) is 22.1 Å². The molecule has 0 unspecified atom stereocenters. The fourth-order valence-electron chi connectivity index (χ4n) is 4.01. The number of carbonyl (C=O) groups is 1. The zero-order chi connectivity index (χ0) is 28.8. The Morgan fingerprint density at radius 1 is 1.12 bits per heavy atom. The molecule has 4 aromatic rings. The molecule has 8 nitrogen and oxygen atoms in total. The Hall–Kier alpha value is -3.50. The van der Waals surface area contributed by atoms with Crippen LogP contribution in [0.1, 0.15) is 50.1 Å². The number of hydrogen-bond acceptors (Lipinski definition) is 6. The molecule has 0 aliphatic carbocycles. The number of aromatic nitrogens is 2. The SMILES string of the molecule is CCOc1cc(C=Nn2c([C@H](C)CC)nc3ccc(Br)cc3c2=O)cc(Br)c1OCC(=O)Nc1ccccc1C. The fraction of sp³-hybridized carbons (Fsp3) is 0.267. The average Bonchev–Trinajstić information content (AvgIpc) is 2.93. The molecule has 1 N–H and O–H groups in total. The molecule has 0 aliphatic heterocycles. The van der Waals surface area contributed by atoms with Crippen molar-refractivity contribution in [3.05, 3.63) is 90.8 Å². The topological polar surface area (TPSA) is 94.8 Å². The Bertz CT molecular complexity index is 1630. The van der Waals surface area contributed by atoms with Gasteiger partial charge in [-0.15, -0.1) is 0 Å². The Morgan fingerprint density at radius 3 is 2.62 bits per heavy atom. The van der Waals surface area contributed by atoms with Crippen LogP contribution in [0, 0.1) is 6.92 Å². The van der Waals surface area contributed by atoms with E-state index in [1.807, 2.05) is 64.1 Å². The third kappa shape index (κ3) is 6.79. The van der Waals surface area contributed by atoms with E-state index < -0.39 is 0 Å². The predicted octanol–water partition coefficient (Wildman–Crippen LogP) is 7.04. The van der Waals surface area contributed by atoms with E-state index >= 15 is 0 Å². The van der Waals surface area contributed by atoms with Crippen molar-refractivity contribution < 1.29 is 14.3 Å². The zero-order valence-electron chi connectivity index (χ0n) is 22.7. The van der Waals surface area contributed by atoms with Gasteiger partial charge in [0.15, 0.2) is 18.1 Å². The molecular formula is C30H30Br2N4O4. The van der Waals surface area contributed by atoms with Crippen LogP contribution in [0.25, 0.3) is 10.9 Å². The number of para-hydroxylation sites is 1. The molecule has 1 heterocycles. The zero-order valence-corrected chi connectivity index (χ0v) is 25.9. The molecule has 0 bridgehead atoms. The van der Waals surface area contributed by atoms with Crippen LogP contribution in [-0.2, 0) is 4.79 Å². The van der Waals surface area contributed by atoms with Gasteiger partial charge in [0, 0.05) is 16.1 Å². The van der Waals surface area contributed by atoms with Gasteiger partial charge >= 0.3 is 0 Å². The van der Waals surface area contributed by atoms with Gasteiger partial charge in [-0.25, -0.2) is 4.98 Å². The third-order valence-corrected chi connectivity index (χ3v) is 7.39. The van der Waals surface area contributed by atoms with E-state index in [2.05, 4.69) is 42.3 Å². The highest BCUT2D eigenvalue weighted by Gasteiger charge is 2.17. The van der Waals surface area contributed by atoms with Crippen molar-refractivity contribution >= 4 is 60.6 Å². The molecule has 0 aliphatic rings. The lowest BCUT2D eigenvalue weighted by Gasteiger charge is -2.15. The standard InChI is InChI=1S/C30H30Br2N4O4/c1-5-18(3)29-35-25-12-11-21(31)15-22(25)30(38)36(29)33-16-20-13-23(32)28(26(14-20)39-6-2)40-17-27(37)34-24-10-8-7-9-19(24)4/h7-16,18H,5-6,17H2,1-4H3,(H,34,37)/t18-/m1/s1. The second kappa shape index (κ2) is 13.2. The van der Waals surface area contributed by atoms with Crippen LogP contribution in [0.3, 0.4) is 0 Å². The van der Waals surface area contributed by atoms with Crippen molar-refractivity contribution in [3.63, 3.8) is 0 Å². The van der Waals surface area contributed by atoms with Gasteiger partial charge in [0.1, 0.15) is 5.82 Å². The van der Waals surface area contributed by atoms with Gasteiger partial charge in [0.2, 0.25) is 0 Å². The average molecular weight is 670 g/mol. The second-order valence-electron chi connectivity index (χ2n) is 9.22. The van der Waals surface area contributed by atoms with Gasteiger partial charge in [-0.2, -0.15) is 9.78 Å². The smallest absolute Gasteiger partial charge is 0.282 e. The summed E-state index contributed by atoms with van der Waals surface area (Å²) in [5, 5.41) is 7.88. The van der Waals surface area contributed by atoms with E-state index in [-0.39, 0.29) is 24.0 Å². The van der Waals surface area contributed by atoms with Crippen LogP contribution >= 0.6 is 31.9 Å². The van der Waals surface area contributed by atoms with Crippen molar-refractivity contribution in [1.29, 1.82) is 0 Å².